The number of aromatic nitrogens is 4. The zero-order valence-electron chi connectivity index (χ0n) is 15.0. The van der Waals surface area contributed by atoms with E-state index < -0.39 is 34.9 Å². The Morgan fingerprint density at radius 2 is 1.84 bits per heavy atom. The van der Waals surface area contributed by atoms with E-state index in [1.165, 1.54) is 6.07 Å². The molecule has 164 valence electrons. The summed E-state index contributed by atoms with van der Waals surface area (Å²) in [6.45, 7) is -0.226. The molecule has 0 saturated heterocycles. The minimum atomic E-state index is -4.55. The zero-order valence-corrected chi connectivity index (χ0v) is 16.6. The molecule has 2 heterocycles. The van der Waals surface area contributed by atoms with E-state index in [0.717, 1.165) is 35.3 Å². The number of hydrogen-bond acceptors (Lipinski definition) is 5. The molecular formula is C17H10ClF6N5OS. The van der Waals surface area contributed by atoms with Crippen LogP contribution in [-0.2, 0) is 12.7 Å². The van der Waals surface area contributed by atoms with Gasteiger partial charge in [0.15, 0.2) is 11.6 Å². The van der Waals surface area contributed by atoms with Crippen molar-refractivity contribution in [3.8, 4) is 5.82 Å². The molecule has 31 heavy (non-hydrogen) atoms. The Bertz CT molecular complexity index is 1080. The summed E-state index contributed by atoms with van der Waals surface area (Å²) in [7, 11) is 0. The van der Waals surface area contributed by atoms with Crippen molar-refractivity contribution >= 4 is 29.3 Å². The van der Waals surface area contributed by atoms with Crippen LogP contribution in [0.4, 0.5) is 26.3 Å². The van der Waals surface area contributed by atoms with Crippen molar-refractivity contribution in [1.29, 1.82) is 0 Å². The highest BCUT2D eigenvalue weighted by Crippen LogP contribution is 2.38. The predicted molar refractivity (Wildman–Crippen MR) is 98.7 cm³/mol. The summed E-state index contributed by atoms with van der Waals surface area (Å²) in [4.78, 5) is 19.7. The monoisotopic (exact) mass is 481 g/mol. The molecule has 0 aliphatic rings. The van der Waals surface area contributed by atoms with Crippen molar-refractivity contribution in [3.63, 3.8) is 0 Å². The topological polar surface area (TPSA) is 72.7 Å². The van der Waals surface area contributed by atoms with Gasteiger partial charge in [-0.3, -0.25) is 4.79 Å². The van der Waals surface area contributed by atoms with Gasteiger partial charge in [0.25, 0.3) is 5.91 Å². The fourth-order valence-electron chi connectivity index (χ4n) is 2.40. The first-order valence-electron chi connectivity index (χ1n) is 8.19. The number of thioether (sulfide) groups is 1. The number of amides is 1. The van der Waals surface area contributed by atoms with Crippen molar-refractivity contribution < 1.29 is 31.1 Å². The number of halogens is 7. The highest BCUT2D eigenvalue weighted by molar-refractivity contribution is 8.00. The van der Waals surface area contributed by atoms with E-state index in [2.05, 4.69) is 20.4 Å². The maximum atomic E-state index is 12.7. The van der Waals surface area contributed by atoms with Gasteiger partial charge in [0, 0.05) is 21.7 Å². The third-order valence-corrected chi connectivity index (χ3v) is 4.61. The predicted octanol–water partition coefficient (Wildman–Crippen LogP) is 4.88. The molecular weight excluding hydrogens is 472 g/mol. The van der Waals surface area contributed by atoms with Crippen LogP contribution < -0.4 is 5.32 Å². The Morgan fingerprint density at radius 3 is 2.45 bits per heavy atom. The van der Waals surface area contributed by atoms with Gasteiger partial charge >= 0.3 is 11.7 Å². The lowest BCUT2D eigenvalue weighted by atomic mass is 10.2. The highest BCUT2D eigenvalue weighted by Gasteiger charge is 2.31. The number of carbonyl (C=O) groups excluding carboxylic acids is 1. The summed E-state index contributed by atoms with van der Waals surface area (Å²) < 4.78 is 76.8. The number of nitrogens with zero attached hydrogens (tertiary/aromatic N) is 4. The fourth-order valence-corrected chi connectivity index (χ4v) is 3.34. The molecule has 0 saturated carbocycles. The van der Waals surface area contributed by atoms with Crippen LogP contribution in [0.3, 0.4) is 0 Å². The molecule has 14 heteroatoms. The molecule has 0 atom stereocenters. The Kier molecular flexibility index (Phi) is 6.46. The molecule has 6 nitrogen and oxygen atoms in total. The van der Waals surface area contributed by atoms with Gasteiger partial charge in [0.1, 0.15) is 6.33 Å². The van der Waals surface area contributed by atoms with E-state index in [1.807, 2.05) is 0 Å². The maximum Gasteiger partial charge on any atom is 0.446 e. The van der Waals surface area contributed by atoms with Crippen molar-refractivity contribution in [3.05, 3.63) is 64.8 Å². The zero-order chi connectivity index (χ0) is 22.8. The van der Waals surface area contributed by atoms with Crippen molar-refractivity contribution in [2.24, 2.45) is 0 Å². The van der Waals surface area contributed by atoms with Crippen LogP contribution in [0, 0.1) is 0 Å². The van der Waals surface area contributed by atoms with Gasteiger partial charge in [0.2, 0.25) is 0 Å². The van der Waals surface area contributed by atoms with Crippen molar-refractivity contribution in [2.75, 3.05) is 0 Å². The Balaban J connectivity index is 1.73. The number of benzene rings is 1. The maximum absolute atomic E-state index is 12.7. The minimum Gasteiger partial charge on any atom is -0.345 e. The number of rotatable bonds is 5. The van der Waals surface area contributed by atoms with Crippen molar-refractivity contribution in [2.45, 2.75) is 23.1 Å². The fraction of sp³-hybridized carbons (Fsp3) is 0.176. The summed E-state index contributed by atoms with van der Waals surface area (Å²) in [6, 6.07) is 5.20. The molecule has 0 bridgehead atoms. The van der Waals surface area contributed by atoms with Crippen LogP contribution >= 0.6 is 23.4 Å². The molecule has 0 unspecified atom stereocenters. The molecule has 3 rings (SSSR count). The molecule has 2 aromatic heterocycles. The lowest BCUT2D eigenvalue weighted by Gasteiger charge is -2.10. The van der Waals surface area contributed by atoms with E-state index in [0.29, 0.717) is 6.20 Å². The number of hydrogen-bond donors (Lipinski definition) is 1. The van der Waals surface area contributed by atoms with Gasteiger partial charge in [-0.1, -0.05) is 11.6 Å². The van der Waals surface area contributed by atoms with Gasteiger partial charge in [-0.25, -0.2) is 9.97 Å². The Labute approximate surface area is 179 Å². The number of nitrogens with one attached hydrogen (secondary N) is 1. The highest BCUT2D eigenvalue weighted by atomic mass is 35.5. The average molecular weight is 482 g/mol. The summed E-state index contributed by atoms with van der Waals surface area (Å²) in [5, 5.41) is 6.25. The second-order valence-electron chi connectivity index (χ2n) is 5.90. The standard InChI is InChI=1S/C17H10ClF6N5OS/c18-11-3-9(4-12(5-11)31-17(22,23)24)15(30)26-7-14-27-8-28-29(14)13-2-1-10(6-25-13)16(19,20)21/h1-6,8H,7H2,(H,26,30). The number of alkyl halides is 6. The Hall–Kier alpha value is -2.80. The van der Waals surface area contributed by atoms with Gasteiger partial charge in [-0.2, -0.15) is 36.1 Å². The average Bonchev–Trinajstić information content (AvgIpc) is 3.12. The lowest BCUT2D eigenvalue weighted by molar-refractivity contribution is -0.137. The minimum absolute atomic E-state index is 0.0290. The molecule has 1 aromatic carbocycles. The molecule has 0 spiro atoms. The first kappa shape index (κ1) is 22.9. The van der Waals surface area contributed by atoms with Crippen LogP contribution in [0.1, 0.15) is 21.7 Å². The molecule has 0 fully saturated rings. The third-order valence-electron chi connectivity index (χ3n) is 3.68. The smallest absolute Gasteiger partial charge is 0.345 e. The second kappa shape index (κ2) is 8.75. The second-order valence-corrected chi connectivity index (χ2v) is 7.47. The van der Waals surface area contributed by atoms with Crippen LogP contribution in [0.25, 0.3) is 5.82 Å². The summed E-state index contributed by atoms with van der Waals surface area (Å²) >= 11 is 5.38. The quantitative estimate of drug-likeness (QED) is 0.415. The van der Waals surface area contributed by atoms with E-state index in [4.69, 9.17) is 11.6 Å². The molecule has 0 aliphatic carbocycles. The largest absolute Gasteiger partial charge is 0.446 e. The van der Waals surface area contributed by atoms with Gasteiger partial charge in [-0.15, -0.1) is 0 Å². The summed E-state index contributed by atoms with van der Waals surface area (Å²) in [6.07, 6.45) is -2.81. The van der Waals surface area contributed by atoms with E-state index in [1.54, 1.807) is 0 Å². The number of carbonyl (C=O) groups is 1. The Morgan fingerprint density at radius 1 is 1.10 bits per heavy atom. The molecule has 0 aliphatic heterocycles. The summed E-state index contributed by atoms with van der Waals surface area (Å²) in [5.74, 6) is -0.574. The normalized spacial score (nSPS) is 12.1. The lowest BCUT2D eigenvalue weighted by Crippen LogP contribution is -2.25. The van der Waals surface area contributed by atoms with Gasteiger partial charge in [0.05, 0.1) is 12.1 Å². The van der Waals surface area contributed by atoms with E-state index >= 15 is 0 Å². The van der Waals surface area contributed by atoms with Gasteiger partial charge in [-0.05, 0) is 42.1 Å². The van der Waals surface area contributed by atoms with Crippen LogP contribution in [0.2, 0.25) is 5.02 Å². The SMILES string of the molecule is O=C(NCc1ncnn1-c1ccc(C(F)(F)F)cn1)c1cc(Cl)cc(SC(F)(F)F)c1. The number of pyridine rings is 1. The molecule has 1 amide bonds. The molecule has 0 radical (unpaired) electrons. The van der Waals surface area contributed by atoms with Crippen LogP contribution in [0.5, 0.6) is 0 Å². The molecule has 3 aromatic rings. The first-order valence-corrected chi connectivity index (χ1v) is 9.39. The summed E-state index contributed by atoms with van der Waals surface area (Å²) in [5.41, 5.74) is -5.61. The van der Waals surface area contributed by atoms with Crippen LogP contribution in [0.15, 0.2) is 47.8 Å². The van der Waals surface area contributed by atoms with E-state index in [-0.39, 0.29) is 33.7 Å². The first-order chi connectivity index (χ1) is 14.4. The van der Waals surface area contributed by atoms with Gasteiger partial charge < -0.3 is 5.32 Å². The van der Waals surface area contributed by atoms with Crippen molar-refractivity contribution in [1.82, 2.24) is 25.1 Å². The van der Waals surface area contributed by atoms with Crippen LogP contribution in [-0.4, -0.2) is 31.2 Å². The van der Waals surface area contributed by atoms with E-state index in [9.17, 15) is 31.1 Å². The molecule has 1 N–H and O–H groups in total. The third kappa shape index (κ3) is 6.10.